The lowest BCUT2D eigenvalue weighted by Gasteiger charge is -2.16. The zero-order valence-corrected chi connectivity index (χ0v) is 11.0. The van der Waals surface area contributed by atoms with Crippen molar-refractivity contribution < 1.29 is 9.59 Å². The van der Waals surface area contributed by atoms with Crippen molar-refractivity contribution in [2.24, 2.45) is 5.73 Å². The number of amides is 2. The molecule has 5 nitrogen and oxygen atoms in total. The van der Waals surface area contributed by atoms with E-state index in [1.807, 2.05) is 0 Å². The minimum absolute atomic E-state index is 0.148. The zero-order valence-electron chi connectivity index (χ0n) is 11.0. The predicted molar refractivity (Wildman–Crippen MR) is 74.5 cm³/mol. The Labute approximate surface area is 112 Å². The van der Waals surface area contributed by atoms with E-state index >= 15 is 0 Å². The lowest BCUT2D eigenvalue weighted by atomic mass is 10.1. The van der Waals surface area contributed by atoms with Crippen LogP contribution in [0.1, 0.15) is 16.8 Å². The van der Waals surface area contributed by atoms with Crippen LogP contribution in [-0.4, -0.2) is 36.9 Å². The highest BCUT2D eigenvalue weighted by atomic mass is 16.2. The van der Waals surface area contributed by atoms with E-state index in [1.165, 1.54) is 4.90 Å². The molecule has 0 aromatic heterocycles. The molecule has 0 fully saturated rings. The molecule has 0 heterocycles. The van der Waals surface area contributed by atoms with Crippen LogP contribution in [0.25, 0.3) is 0 Å². The summed E-state index contributed by atoms with van der Waals surface area (Å²) in [6.07, 6.45) is 5.26. The molecular formula is C14H17N3O2. The first kappa shape index (κ1) is 14.7. The summed E-state index contributed by atoms with van der Waals surface area (Å²) in [5.74, 6) is 1.73. The van der Waals surface area contributed by atoms with Crippen molar-refractivity contribution in [3.63, 3.8) is 0 Å². The summed E-state index contributed by atoms with van der Waals surface area (Å²) in [6, 6.07) is 5.97. The lowest BCUT2D eigenvalue weighted by Crippen LogP contribution is -2.36. The molecule has 1 aromatic rings. The maximum atomic E-state index is 12.0. The topological polar surface area (TPSA) is 75.4 Å². The van der Waals surface area contributed by atoms with Crippen LogP contribution in [0.3, 0.4) is 0 Å². The molecule has 3 N–H and O–H groups in total. The molecule has 0 radical (unpaired) electrons. The largest absolute Gasteiger partial charge is 0.345 e. The molecule has 0 saturated heterocycles. The number of nitrogens with zero attached hydrogens (tertiary/aromatic N) is 1. The number of carbonyl (C=O) groups is 2. The average Bonchev–Trinajstić information content (AvgIpc) is 2.38. The van der Waals surface area contributed by atoms with Crippen molar-refractivity contribution in [3.05, 3.63) is 29.8 Å². The summed E-state index contributed by atoms with van der Waals surface area (Å²) >= 11 is 0. The second-order valence-corrected chi connectivity index (χ2v) is 4.25. The minimum Gasteiger partial charge on any atom is -0.345 e. The highest BCUT2D eigenvalue weighted by Gasteiger charge is 2.17. The Hall–Kier alpha value is -2.32. The number of para-hydroxylation sites is 1. The third-order valence-corrected chi connectivity index (χ3v) is 2.50. The van der Waals surface area contributed by atoms with Gasteiger partial charge in [0.2, 0.25) is 5.91 Å². The van der Waals surface area contributed by atoms with Gasteiger partial charge in [0.25, 0.3) is 5.91 Å². The Morgan fingerprint density at radius 1 is 1.42 bits per heavy atom. The maximum Gasteiger partial charge on any atom is 0.255 e. The molecule has 1 aromatic carbocycles. The number of hydrogen-bond acceptors (Lipinski definition) is 3. The normalized spacial score (nSPS) is 11.3. The van der Waals surface area contributed by atoms with Crippen LogP contribution < -0.4 is 11.1 Å². The molecule has 2 amide bonds. The fraction of sp³-hybridized carbons (Fsp3) is 0.286. The number of nitrogens with one attached hydrogen (secondary N) is 1. The Bertz CT molecular complexity index is 518. The van der Waals surface area contributed by atoms with Crippen molar-refractivity contribution in [3.8, 4) is 12.3 Å². The van der Waals surface area contributed by atoms with Crippen LogP contribution in [0.4, 0.5) is 5.69 Å². The zero-order chi connectivity index (χ0) is 14.4. The van der Waals surface area contributed by atoms with Gasteiger partial charge < -0.3 is 16.0 Å². The average molecular weight is 259 g/mol. The van der Waals surface area contributed by atoms with Gasteiger partial charge in [0, 0.05) is 20.5 Å². The van der Waals surface area contributed by atoms with Gasteiger partial charge in [0.1, 0.15) is 0 Å². The minimum atomic E-state index is -0.785. The van der Waals surface area contributed by atoms with Gasteiger partial charge in [-0.1, -0.05) is 12.1 Å². The Balaban J connectivity index is 2.93. The standard InChI is InChI=1S/C14H17N3O2/c1-4-7-11(15)13(18)16-12-9-6-5-8-10(12)14(19)17(2)3/h1,5-6,8-9,11H,7,15H2,2-3H3,(H,16,18). The van der Waals surface area contributed by atoms with Crippen molar-refractivity contribution >= 4 is 17.5 Å². The third-order valence-electron chi connectivity index (χ3n) is 2.50. The number of anilines is 1. The van der Waals surface area contributed by atoms with Gasteiger partial charge in [0.05, 0.1) is 17.3 Å². The van der Waals surface area contributed by atoms with Gasteiger partial charge in [-0.3, -0.25) is 9.59 Å². The van der Waals surface area contributed by atoms with Crippen molar-refractivity contribution in [2.75, 3.05) is 19.4 Å². The van der Waals surface area contributed by atoms with Gasteiger partial charge in [-0.2, -0.15) is 0 Å². The molecule has 5 heteroatoms. The fourth-order valence-corrected chi connectivity index (χ4v) is 1.46. The summed E-state index contributed by atoms with van der Waals surface area (Å²) in [5, 5.41) is 2.62. The summed E-state index contributed by atoms with van der Waals surface area (Å²) in [5.41, 5.74) is 6.45. The van der Waals surface area contributed by atoms with Crippen LogP contribution in [0.2, 0.25) is 0 Å². The molecular weight excluding hydrogens is 242 g/mol. The van der Waals surface area contributed by atoms with E-state index in [0.717, 1.165) is 0 Å². The molecule has 0 aliphatic heterocycles. The van der Waals surface area contributed by atoms with E-state index in [9.17, 15) is 9.59 Å². The summed E-state index contributed by atoms with van der Waals surface area (Å²) in [6.45, 7) is 0. The van der Waals surface area contributed by atoms with Crippen LogP contribution in [0, 0.1) is 12.3 Å². The molecule has 0 saturated carbocycles. The molecule has 0 bridgehead atoms. The van der Waals surface area contributed by atoms with Crippen LogP contribution in [0.5, 0.6) is 0 Å². The predicted octanol–water partition coefficient (Wildman–Crippen LogP) is 0.677. The summed E-state index contributed by atoms with van der Waals surface area (Å²) in [7, 11) is 3.29. The van der Waals surface area contributed by atoms with Crippen molar-refractivity contribution in [2.45, 2.75) is 12.5 Å². The molecule has 0 aliphatic rings. The van der Waals surface area contributed by atoms with Crippen LogP contribution in [0.15, 0.2) is 24.3 Å². The van der Waals surface area contributed by atoms with E-state index in [2.05, 4.69) is 11.2 Å². The van der Waals surface area contributed by atoms with Crippen LogP contribution >= 0.6 is 0 Å². The van der Waals surface area contributed by atoms with E-state index in [4.69, 9.17) is 12.2 Å². The first-order chi connectivity index (χ1) is 8.97. The monoisotopic (exact) mass is 259 g/mol. The molecule has 0 aliphatic carbocycles. The molecule has 1 unspecified atom stereocenters. The molecule has 1 rings (SSSR count). The summed E-state index contributed by atoms with van der Waals surface area (Å²) in [4.78, 5) is 25.2. The molecule has 1 atom stereocenters. The van der Waals surface area contributed by atoms with Gasteiger partial charge in [-0.15, -0.1) is 12.3 Å². The number of terminal acetylenes is 1. The summed E-state index contributed by atoms with van der Waals surface area (Å²) < 4.78 is 0. The van der Waals surface area contributed by atoms with E-state index in [-0.39, 0.29) is 12.3 Å². The van der Waals surface area contributed by atoms with E-state index in [0.29, 0.717) is 11.3 Å². The quantitative estimate of drug-likeness (QED) is 0.781. The second kappa shape index (κ2) is 6.57. The van der Waals surface area contributed by atoms with Gasteiger partial charge in [0.15, 0.2) is 0 Å². The fourth-order valence-electron chi connectivity index (χ4n) is 1.46. The second-order valence-electron chi connectivity index (χ2n) is 4.25. The smallest absolute Gasteiger partial charge is 0.255 e. The molecule has 100 valence electrons. The lowest BCUT2D eigenvalue weighted by molar-refractivity contribution is -0.117. The van der Waals surface area contributed by atoms with Gasteiger partial charge >= 0.3 is 0 Å². The number of rotatable bonds is 4. The Morgan fingerprint density at radius 3 is 2.63 bits per heavy atom. The van der Waals surface area contributed by atoms with Crippen LogP contribution in [-0.2, 0) is 4.79 Å². The highest BCUT2D eigenvalue weighted by molar-refractivity contribution is 6.04. The Morgan fingerprint density at radius 2 is 2.05 bits per heavy atom. The molecule has 19 heavy (non-hydrogen) atoms. The number of carbonyl (C=O) groups excluding carboxylic acids is 2. The van der Waals surface area contributed by atoms with Gasteiger partial charge in [-0.25, -0.2) is 0 Å². The SMILES string of the molecule is C#CCC(N)C(=O)Nc1ccccc1C(=O)N(C)C. The number of nitrogens with two attached hydrogens (primary N) is 1. The Kier molecular flexibility index (Phi) is 5.10. The van der Waals surface area contributed by atoms with E-state index < -0.39 is 11.9 Å². The first-order valence-electron chi connectivity index (χ1n) is 5.78. The third kappa shape index (κ3) is 3.83. The van der Waals surface area contributed by atoms with Crippen molar-refractivity contribution in [1.29, 1.82) is 0 Å². The number of benzene rings is 1. The van der Waals surface area contributed by atoms with Crippen molar-refractivity contribution in [1.82, 2.24) is 4.90 Å². The molecule has 0 spiro atoms. The van der Waals surface area contributed by atoms with E-state index in [1.54, 1.807) is 38.4 Å². The maximum absolute atomic E-state index is 12.0. The van der Waals surface area contributed by atoms with Gasteiger partial charge in [-0.05, 0) is 12.1 Å². The first-order valence-corrected chi connectivity index (χ1v) is 5.78. The highest BCUT2D eigenvalue weighted by Crippen LogP contribution is 2.16. The number of hydrogen-bond donors (Lipinski definition) is 2.